The molecule has 1 atom stereocenters. The Balaban J connectivity index is 2.19. The Kier molecular flexibility index (Phi) is 3.99. The molecule has 104 valence electrons. The Labute approximate surface area is 120 Å². The molecule has 0 bridgehead atoms. The van der Waals surface area contributed by atoms with Gasteiger partial charge in [0.15, 0.2) is 0 Å². The van der Waals surface area contributed by atoms with Crippen LogP contribution in [0.15, 0.2) is 16.7 Å². The van der Waals surface area contributed by atoms with Gasteiger partial charge in [-0.2, -0.15) is 0 Å². The van der Waals surface area contributed by atoms with Gasteiger partial charge >= 0.3 is 0 Å². The van der Waals surface area contributed by atoms with Crippen LogP contribution in [-0.2, 0) is 4.79 Å². The molecule has 0 unspecified atom stereocenters. The molecule has 0 aromatic carbocycles. The van der Waals surface area contributed by atoms with Gasteiger partial charge in [0.1, 0.15) is 5.69 Å². The molecule has 1 aliphatic rings. The van der Waals surface area contributed by atoms with Crippen molar-refractivity contribution in [2.24, 2.45) is 11.7 Å². The predicted octanol–water partition coefficient (Wildman–Crippen LogP) is 1.78. The molecular weight excluding hydrogens is 310 g/mol. The molecule has 2 N–H and O–H groups in total. The number of carbonyl (C=O) groups excluding carboxylic acids is 2. The fourth-order valence-corrected chi connectivity index (χ4v) is 2.82. The van der Waals surface area contributed by atoms with Crippen molar-refractivity contribution in [1.82, 2.24) is 9.47 Å². The highest BCUT2D eigenvalue weighted by Gasteiger charge is 2.31. The summed E-state index contributed by atoms with van der Waals surface area (Å²) >= 11 is 3.40. The van der Waals surface area contributed by atoms with Gasteiger partial charge in [-0.1, -0.05) is 0 Å². The number of halogens is 1. The van der Waals surface area contributed by atoms with E-state index < -0.39 is 0 Å². The van der Waals surface area contributed by atoms with Crippen molar-refractivity contribution in [3.8, 4) is 0 Å². The molecule has 6 heteroatoms. The number of rotatable bonds is 3. The summed E-state index contributed by atoms with van der Waals surface area (Å²) in [5.74, 6) is -0.575. The molecule has 0 aliphatic carbocycles. The molecule has 1 aromatic heterocycles. The molecule has 0 spiro atoms. The third-order valence-corrected chi connectivity index (χ3v) is 3.90. The topological polar surface area (TPSA) is 68.3 Å². The maximum absolute atomic E-state index is 12.5. The predicted molar refractivity (Wildman–Crippen MR) is 75.7 cm³/mol. The van der Waals surface area contributed by atoms with E-state index in [0.29, 0.717) is 25.2 Å². The molecule has 0 radical (unpaired) electrons. The van der Waals surface area contributed by atoms with E-state index in [9.17, 15) is 9.59 Å². The first-order chi connectivity index (χ1) is 8.90. The number of carbonyl (C=O) groups is 2. The summed E-state index contributed by atoms with van der Waals surface area (Å²) in [6, 6.07) is 2.03. The zero-order valence-electron chi connectivity index (χ0n) is 11.1. The van der Waals surface area contributed by atoms with E-state index in [2.05, 4.69) is 15.9 Å². The summed E-state index contributed by atoms with van der Waals surface area (Å²) in [6.07, 6.45) is 2.56. The Morgan fingerprint density at radius 3 is 2.68 bits per heavy atom. The average Bonchev–Trinajstić information content (AvgIpc) is 2.94. The maximum atomic E-state index is 12.5. The average molecular weight is 328 g/mol. The Hall–Kier alpha value is -1.30. The monoisotopic (exact) mass is 327 g/mol. The first kappa shape index (κ1) is 14.1. The standard InChI is InChI=1S/C13H18BrN3O2/c1-8(2)17-7-10(14)5-11(17)13(19)16-4-3-9(6-16)12(15)18/h5,7-9H,3-4,6H2,1-2H3,(H2,15,18)/t9-/m1/s1. The van der Waals surface area contributed by atoms with Crippen LogP contribution in [0.5, 0.6) is 0 Å². The Bertz CT molecular complexity index is 510. The van der Waals surface area contributed by atoms with Crippen molar-refractivity contribution in [3.05, 3.63) is 22.4 Å². The van der Waals surface area contributed by atoms with Crippen molar-refractivity contribution < 1.29 is 9.59 Å². The number of likely N-dealkylation sites (tertiary alicyclic amines) is 1. The molecule has 1 fully saturated rings. The summed E-state index contributed by atoms with van der Waals surface area (Å²) in [6.45, 7) is 5.07. The number of nitrogens with two attached hydrogens (primary N) is 1. The van der Waals surface area contributed by atoms with Crippen LogP contribution in [-0.4, -0.2) is 34.4 Å². The minimum Gasteiger partial charge on any atom is -0.369 e. The van der Waals surface area contributed by atoms with E-state index in [1.807, 2.05) is 30.7 Å². The molecule has 2 amide bonds. The lowest BCUT2D eigenvalue weighted by Crippen LogP contribution is -2.33. The van der Waals surface area contributed by atoms with Gasteiger partial charge in [0.05, 0.1) is 5.92 Å². The minimum absolute atomic E-state index is 0.0387. The molecule has 1 saturated heterocycles. The van der Waals surface area contributed by atoms with E-state index in [-0.39, 0.29) is 23.8 Å². The van der Waals surface area contributed by atoms with Crippen LogP contribution in [0.4, 0.5) is 0 Å². The van der Waals surface area contributed by atoms with Gasteiger partial charge in [-0.05, 0) is 42.3 Å². The summed E-state index contributed by atoms with van der Waals surface area (Å²) in [5.41, 5.74) is 5.94. The molecule has 2 rings (SSSR count). The van der Waals surface area contributed by atoms with Gasteiger partial charge in [-0.3, -0.25) is 9.59 Å². The first-order valence-corrected chi connectivity index (χ1v) is 7.15. The lowest BCUT2D eigenvalue weighted by atomic mass is 10.1. The van der Waals surface area contributed by atoms with E-state index in [1.165, 1.54) is 0 Å². The van der Waals surface area contributed by atoms with E-state index in [4.69, 9.17) is 5.73 Å². The molecule has 1 aliphatic heterocycles. The van der Waals surface area contributed by atoms with Crippen molar-refractivity contribution in [2.45, 2.75) is 26.3 Å². The van der Waals surface area contributed by atoms with Crippen molar-refractivity contribution in [3.63, 3.8) is 0 Å². The highest BCUT2D eigenvalue weighted by atomic mass is 79.9. The molecule has 1 aromatic rings. The van der Waals surface area contributed by atoms with Gasteiger partial charge in [-0.25, -0.2) is 0 Å². The van der Waals surface area contributed by atoms with Gasteiger partial charge in [-0.15, -0.1) is 0 Å². The zero-order chi connectivity index (χ0) is 14.2. The van der Waals surface area contributed by atoms with Crippen LogP contribution in [0.2, 0.25) is 0 Å². The molecular formula is C13H18BrN3O2. The second kappa shape index (κ2) is 5.36. The third kappa shape index (κ3) is 2.83. The summed E-state index contributed by atoms with van der Waals surface area (Å²) in [7, 11) is 0. The lowest BCUT2D eigenvalue weighted by Gasteiger charge is -2.19. The number of hydrogen-bond acceptors (Lipinski definition) is 2. The summed E-state index contributed by atoms with van der Waals surface area (Å²) in [4.78, 5) is 25.3. The molecule has 5 nitrogen and oxygen atoms in total. The highest BCUT2D eigenvalue weighted by molar-refractivity contribution is 9.10. The highest BCUT2D eigenvalue weighted by Crippen LogP contribution is 2.23. The molecule has 19 heavy (non-hydrogen) atoms. The second-order valence-electron chi connectivity index (χ2n) is 5.18. The zero-order valence-corrected chi connectivity index (χ0v) is 12.7. The van der Waals surface area contributed by atoms with Gasteiger partial charge in [0.2, 0.25) is 5.91 Å². The number of nitrogens with zero attached hydrogens (tertiary/aromatic N) is 2. The fourth-order valence-electron chi connectivity index (χ4n) is 2.38. The SMILES string of the molecule is CC(C)n1cc(Br)cc1C(=O)N1CC[C@@H](C(N)=O)C1. The lowest BCUT2D eigenvalue weighted by molar-refractivity contribution is -0.121. The van der Waals surface area contributed by atoms with Crippen LogP contribution < -0.4 is 5.73 Å². The van der Waals surface area contributed by atoms with Gasteiger partial charge in [0.25, 0.3) is 5.91 Å². The third-order valence-electron chi connectivity index (χ3n) is 3.47. The van der Waals surface area contributed by atoms with Crippen LogP contribution in [0.25, 0.3) is 0 Å². The van der Waals surface area contributed by atoms with E-state index >= 15 is 0 Å². The quantitative estimate of drug-likeness (QED) is 0.919. The number of aromatic nitrogens is 1. The number of amides is 2. The van der Waals surface area contributed by atoms with Gasteiger partial charge < -0.3 is 15.2 Å². The maximum Gasteiger partial charge on any atom is 0.270 e. The minimum atomic E-state index is -0.323. The van der Waals surface area contributed by atoms with Crippen LogP contribution >= 0.6 is 15.9 Å². The van der Waals surface area contributed by atoms with Crippen molar-refractivity contribution >= 4 is 27.7 Å². The van der Waals surface area contributed by atoms with E-state index in [1.54, 1.807) is 4.90 Å². The molecule has 0 saturated carbocycles. The smallest absolute Gasteiger partial charge is 0.270 e. The van der Waals surface area contributed by atoms with Crippen molar-refractivity contribution in [1.29, 1.82) is 0 Å². The second-order valence-corrected chi connectivity index (χ2v) is 6.10. The van der Waals surface area contributed by atoms with Crippen LogP contribution in [0.1, 0.15) is 36.8 Å². The van der Waals surface area contributed by atoms with Crippen molar-refractivity contribution in [2.75, 3.05) is 13.1 Å². The van der Waals surface area contributed by atoms with Gasteiger partial charge in [0, 0.05) is 29.8 Å². The number of primary amides is 1. The van der Waals surface area contributed by atoms with E-state index in [0.717, 1.165) is 4.47 Å². The first-order valence-electron chi connectivity index (χ1n) is 6.36. The summed E-state index contributed by atoms with van der Waals surface area (Å²) < 4.78 is 2.82. The largest absolute Gasteiger partial charge is 0.369 e. The molecule has 2 heterocycles. The number of hydrogen-bond donors (Lipinski definition) is 1. The fraction of sp³-hybridized carbons (Fsp3) is 0.538. The Morgan fingerprint density at radius 1 is 1.47 bits per heavy atom. The van der Waals surface area contributed by atoms with Crippen LogP contribution in [0.3, 0.4) is 0 Å². The summed E-state index contributed by atoms with van der Waals surface area (Å²) in [5, 5.41) is 0. The normalized spacial score (nSPS) is 19.2. The van der Waals surface area contributed by atoms with Crippen LogP contribution in [0, 0.1) is 5.92 Å². The Morgan fingerprint density at radius 2 is 2.16 bits per heavy atom.